The van der Waals surface area contributed by atoms with E-state index < -0.39 is 96.8 Å². The van der Waals surface area contributed by atoms with E-state index in [1.807, 2.05) is 0 Å². The second-order valence-electron chi connectivity index (χ2n) is 13.4. The van der Waals surface area contributed by atoms with Crippen LogP contribution in [-0.4, -0.2) is 60.2 Å². The first-order valence-electron chi connectivity index (χ1n) is 15.4. The van der Waals surface area contributed by atoms with E-state index in [1.54, 1.807) is 0 Å². The molecule has 0 amide bonds. The molecular formula is C36H30O13. The van der Waals surface area contributed by atoms with E-state index >= 15 is 0 Å². The lowest BCUT2D eigenvalue weighted by atomic mass is 9.58. The second kappa shape index (κ2) is 9.91. The average molecular weight is 671 g/mol. The molecule has 49 heavy (non-hydrogen) atoms. The number of rotatable bonds is 2. The number of benzene rings is 1. The molecule has 1 aromatic carbocycles. The second-order valence-corrected chi connectivity index (χ2v) is 13.4. The predicted molar refractivity (Wildman–Crippen MR) is 168 cm³/mol. The smallest absolute Gasteiger partial charge is 0.302 e. The zero-order chi connectivity index (χ0) is 35.9. The highest BCUT2D eigenvalue weighted by Crippen LogP contribution is 2.70. The number of esters is 1. The molecule has 1 aromatic rings. The fraction of sp³-hybridized carbons (Fsp3) is 0.333. The Morgan fingerprint density at radius 3 is 2.12 bits per heavy atom. The van der Waals surface area contributed by atoms with Crippen molar-refractivity contribution in [2.24, 2.45) is 5.92 Å². The van der Waals surface area contributed by atoms with Crippen LogP contribution < -0.4 is 32.2 Å². The first-order valence-corrected chi connectivity index (χ1v) is 15.4. The van der Waals surface area contributed by atoms with Crippen molar-refractivity contribution >= 4 is 23.3 Å². The number of ether oxygens (including phenoxy) is 2. The standard InChI is InChI=1S/C36H30O13/c1-12-10-20(39)25-26(22(12)13(2)37)29(43)18-8-6-16(27(41)23(18)30(25)44)17-7-9-19-24(28(17)42)33(46)35-21(40)11-34(5,47)31(14(3)48-15(4)38)36(35,49-35)32(19)45/h6-10,14,31,33,37,42,45-47H,11H2,1-5H3. The number of Topliss-reactive ketones (excluding diaryl/α,β-unsaturated/α-hetero) is 1. The maximum Gasteiger partial charge on any atom is 0.302 e. The van der Waals surface area contributed by atoms with Gasteiger partial charge in [-0.15, -0.1) is 0 Å². The summed E-state index contributed by atoms with van der Waals surface area (Å²) in [5, 5.41) is 54.2. The Morgan fingerprint density at radius 1 is 0.898 bits per heavy atom. The van der Waals surface area contributed by atoms with Crippen LogP contribution >= 0.6 is 0 Å². The quantitative estimate of drug-likeness (QED) is 0.127. The van der Waals surface area contributed by atoms with Gasteiger partial charge in [0.25, 0.3) is 0 Å². The van der Waals surface area contributed by atoms with Gasteiger partial charge >= 0.3 is 5.97 Å². The number of aromatic hydroxyl groups is 1. The summed E-state index contributed by atoms with van der Waals surface area (Å²) in [6.45, 7) is 6.71. The molecule has 5 aliphatic carbocycles. The number of carbonyl (C=O) groups excluding carboxylic acids is 2. The van der Waals surface area contributed by atoms with Crippen LogP contribution in [0.2, 0.25) is 0 Å². The van der Waals surface area contributed by atoms with Crippen LogP contribution in [-0.2, 0) is 19.1 Å². The summed E-state index contributed by atoms with van der Waals surface area (Å²) in [7, 11) is 0. The fourth-order valence-electron chi connectivity index (χ4n) is 8.63. The van der Waals surface area contributed by atoms with Gasteiger partial charge in [0, 0.05) is 50.2 Å². The van der Waals surface area contributed by atoms with E-state index in [0.717, 1.165) is 13.0 Å². The van der Waals surface area contributed by atoms with E-state index in [9.17, 15) is 54.3 Å². The SMILES string of the molecule is CC(=O)OC(C)C1C(C)(O)CC(=O)C23OC12C(O)=c1ccc(=c2ccc4c(=O)c5c(=C(C)O)c(C)cc(=O)c=5c(=O)c=4c2=O)c(O)c1C3O. The van der Waals surface area contributed by atoms with Crippen molar-refractivity contribution in [2.45, 2.75) is 70.1 Å². The number of aliphatic hydroxyl groups is 4. The molecule has 1 aliphatic heterocycles. The number of aryl methyl sites for hydroxylation is 1. The molecule has 252 valence electrons. The van der Waals surface area contributed by atoms with Gasteiger partial charge in [0.15, 0.2) is 33.3 Å². The molecule has 7 rings (SSSR count). The highest BCUT2D eigenvalue weighted by Gasteiger charge is 2.89. The lowest BCUT2D eigenvalue weighted by Crippen LogP contribution is -2.64. The largest absolute Gasteiger partial charge is 0.512 e. The van der Waals surface area contributed by atoms with Gasteiger partial charge in [0.05, 0.1) is 27.7 Å². The summed E-state index contributed by atoms with van der Waals surface area (Å²) < 4.78 is 11.3. The first kappa shape index (κ1) is 32.3. The van der Waals surface area contributed by atoms with Gasteiger partial charge in [-0.3, -0.25) is 28.8 Å². The number of ketones is 1. The van der Waals surface area contributed by atoms with Gasteiger partial charge in [0.2, 0.25) is 5.43 Å². The molecule has 0 aromatic heterocycles. The van der Waals surface area contributed by atoms with Crippen LogP contribution in [0.25, 0.3) is 11.5 Å². The van der Waals surface area contributed by atoms with Crippen molar-refractivity contribution < 1.29 is 44.6 Å². The minimum Gasteiger partial charge on any atom is -0.512 e. The van der Waals surface area contributed by atoms with Gasteiger partial charge in [-0.05, 0) is 57.5 Å². The molecule has 13 nitrogen and oxygen atoms in total. The van der Waals surface area contributed by atoms with Gasteiger partial charge in [0.1, 0.15) is 23.7 Å². The number of phenolic OH excluding ortho intramolecular Hbond substituents is 1. The van der Waals surface area contributed by atoms with E-state index in [4.69, 9.17) is 9.47 Å². The van der Waals surface area contributed by atoms with Crippen LogP contribution in [0.3, 0.4) is 0 Å². The maximum atomic E-state index is 14.0. The monoisotopic (exact) mass is 670 g/mol. The number of carbonyl (C=O) groups is 2. The summed E-state index contributed by atoms with van der Waals surface area (Å²) in [5.41, 5.74) is -9.90. The molecule has 1 heterocycles. The van der Waals surface area contributed by atoms with Gasteiger partial charge in [-0.1, -0.05) is 6.07 Å². The molecule has 6 unspecified atom stereocenters. The number of hydrogen-bond donors (Lipinski definition) is 5. The summed E-state index contributed by atoms with van der Waals surface area (Å²) in [6.07, 6.45) is -3.61. The topological polar surface area (TPSA) is 225 Å². The molecule has 0 spiro atoms. The van der Waals surface area contributed by atoms with Crippen LogP contribution in [0.15, 0.2) is 49.5 Å². The Labute approximate surface area is 273 Å². The molecule has 1 saturated heterocycles. The highest BCUT2D eigenvalue weighted by molar-refractivity contribution is 5.99. The third-order valence-electron chi connectivity index (χ3n) is 10.4. The summed E-state index contributed by atoms with van der Waals surface area (Å²) in [4.78, 5) is 79.8. The molecule has 6 aliphatic rings. The van der Waals surface area contributed by atoms with Crippen LogP contribution in [0, 0.1) is 44.2 Å². The zero-order valence-corrected chi connectivity index (χ0v) is 26.8. The third kappa shape index (κ3) is 3.80. The van der Waals surface area contributed by atoms with Gasteiger partial charge < -0.3 is 35.0 Å². The highest BCUT2D eigenvalue weighted by atomic mass is 16.7. The van der Waals surface area contributed by atoms with Crippen molar-refractivity contribution in [3.63, 3.8) is 0 Å². The molecule has 0 radical (unpaired) electrons. The molecule has 5 N–H and O–H groups in total. The Morgan fingerprint density at radius 2 is 1.49 bits per heavy atom. The maximum absolute atomic E-state index is 14.0. The number of aliphatic hydroxyl groups excluding tert-OH is 3. The molecule has 2 fully saturated rings. The van der Waals surface area contributed by atoms with Crippen LogP contribution in [0.5, 0.6) is 5.75 Å². The lowest BCUT2D eigenvalue weighted by molar-refractivity contribution is -0.162. The van der Waals surface area contributed by atoms with Crippen LogP contribution in [0.4, 0.5) is 0 Å². The first-order chi connectivity index (χ1) is 22.8. The Balaban J connectivity index is 1.59. The Hall–Kier alpha value is -5.24. The predicted octanol–water partition coefficient (Wildman–Crippen LogP) is -1.05. The Kier molecular flexibility index (Phi) is 6.53. The van der Waals surface area contributed by atoms with Crippen molar-refractivity contribution in [1.82, 2.24) is 0 Å². The van der Waals surface area contributed by atoms with Crippen molar-refractivity contribution in [3.8, 4) is 5.75 Å². The molecular weight excluding hydrogens is 640 g/mol. The van der Waals surface area contributed by atoms with Gasteiger partial charge in [-0.2, -0.15) is 0 Å². The van der Waals surface area contributed by atoms with E-state index in [-0.39, 0.29) is 48.2 Å². The number of epoxide rings is 1. The van der Waals surface area contributed by atoms with E-state index in [1.165, 1.54) is 52.0 Å². The molecule has 1 saturated carbocycles. The number of phenols is 1. The number of fused-ring (bicyclic) bond motifs is 1. The summed E-state index contributed by atoms with van der Waals surface area (Å²) >= 11 is 0. The molecule has 13 heteroatoms. The summed E-state index contributed by atoms with van der Waals surface area (Å²) in [5.74, 6) is -4.41. The summed E-state index contributed by atoms with van der Waals surface area (Å²) in [6, 6.07) is 5.90. The third-order valence-corrected chi connectivity index (χ3v) is 10.4. The normalized spacial score (nSPS) is 29.2. The number of hydrogen-bond acceptors (Lipinski definition) is 13. The zero-order valence-electron chi connectivity index (χ0n) is 26.8. The van der Waals surface area contributed by atoms with Crippen molar-refractivity contribution in [2.75, 3.05) is 0 Å². The van der Waals surface area contributed by atoms with E-state index in [2.05, 4.69) is 0 Å². The minimum absolute atomic E-state index is 0.00788. The van der Waals surface area contributed by atoms with Crippen LogP contribution in [0.1, 0.15) is 51.3 Å². The minimum atomic E-state index is -2.19. The molecule has 0 bridgehead atoms. The average Bonchev–Trinajstić information content (AvgIpc) is 3.70. The lowest BCUT2D eigenvalue weighted by Gasteiger charge is -2.46. The fourth-order valence-corrected chi connectivity index (χ4v) is 8.63. The van der Waals surface area contributed by atoms with Crippen molar-refractivity contribution in [3.05, 3.63) is 124 Å². The Bertz CT molecular complexity index is 2810. The van der Waals surface area contributed by atoms with E-state index in [0.29, 0.717) is 0 Å². The molecule has 6 atom stereocenters. The van der Waals surface area contributed by atoms with Gasteiger partial charge in [-0.25, -0.2) is 0 Å². The van der Waals surface area contributed by atoms with Crippen molar-refractivity contribution in [1.29, 1.82) is 0 Å².